The van der Waals surface area contributed by atoms with Crippen LogP contribution in [0.25, 0.3) is 0 Å². The van der Waals surface area contributed by atoms with Crippen LogP contribution in [0.5, 0.6) is 5.75 Å². The van der Waals surface area contributed by atoms with Gasteiger partial charge in [0, 0.05) is 29.0 Å². The highest BCUT2D eigenvalue weighted by atomic mass is 32.2. The Bertz CT molecular complexity index is 644. The van der Waals surface area contributed by atoms with E-state index in [1.807, 2.05) is 29.0 Å². The number of thioether (sulfide) groups is 1. The summed E-state index contributed by atoms with van der Waals surface area (Å²) >= 11 is 1.69. The summed E-state index contributed by atoms with van der Waals surface area (Å²) in [6.45, 7) is 0. The van der Waals surface area contributed by atoms with E-state index in [4.69, 9.17) is 4.74 Å². The molecule has 3 nitrogen and oxygen atoms in total. The van der Waals surface area contributed by atoms with E-state index in [9.17, 15) is 4.79 Å². The number of rotatable bonds is 5. The molecule has 0 aliphatic heterocycles. The van der Waals surface area contributed by atoms with Crippen LogP contribution in [0.3, 0.4) is 0 Å². The van der Waals surface area contributed by atoms with Gasteiger partial charge in [0.15, 0.2) is 0 Å². The monoisotopic (exact) mass is 287 g/mol. The average molecular weight is 287 g/mol. The van der Waals surface area contributed by atoms with Crippen LogP contribution in [0.4, 0.5) is 0 Å². The Morgan fingerprint density at radius 2 is 2.00 bits per heavy atom. The molecular formula is C16H17NO2S. The average Bonchev–Trinajstić information content (AvgIpc) is 3.30. The third-order valence-electron chi connectivity index (χ3n) is 3.42. The molecule has 1 heterocycles. The molecule has 0 unspecified atom stereocenters. The van der Waals surface area contributed by atoms with Gasteiger partial charge >= 0.3 is 0 Å². The van der Waals surface area contributed by atoms with Gasteiger partial charge in [0.25, 0.3) is 5.56 Å². The molecule has 1 aromatic carbocycles. The van der Waals surface area contributed by atoms with E-state index < -0.39 is 0 Å². The van der Waals surface area contributed by atoms with Crippen LogP contribution in [-0.2, 0) is 5.75 Å². The van der Waals surface area contributed by atoms with Crippen LogP contribution < -0.4 is 10.3 Å². The maximum Gasteiger partial charge on any atom is 0.251 e. The second kappa shape index (κ2) is 5.75. The molecule has 1 aromatic heterocycles. The molecule has 0 bridgehead atoms. The van der Waals surface area contributed by atoms with Crippen molar-refractivity contribution in [2.75, 3.05) is 7.11 Å². The van der Waals surface area contributed by atoms with Crippen LogP contribution in [0, 0.1) is 0 Å². The molecule has 4 heteroatoms. The lowest BCUT2D eigenvalue weighted by molar-refractivity contribution is 0.414. The molecule has 0 radical (unpaired) electrons. The van der Waals surface area contributed by atoms with E-state index in [2.05, 4.69) is 12.1 Å². The molecule has 1 aliphatic carbocycles. The first kappa shape index (κ1) is 13.3. The third-order valence-corrected chi connectivity index (χ3v) is 4.49. The van der Waals surface area contributed by atoms with Gasteiger partial charge in [-0.3, -0.25) is 4.79 Å². The summed E-state index contributed by atoms with van der Waals surface area (Å²) in [4.78, 5) is 13.0. The number of methoxy groups -OCH3 is 1. The van der Waals surface area contributed by atoms with Crippen molar-refractivity contribution in [2.24, 2.45) is 0 Å². The lowest BCUT2D eigenvalue weighted by Gasteiger charge is -2.06. The number of aromatic nitrogens is 1. The Balaban J connectivity index is 1.65. The first-order valence-electron chi connectivity index (χ1n) is 6.74. The molecule has 1 aliphatic rings. The van der Waals surface area contributed by atoms with Crippen molar-refractivity contribution >= 4 is 11.8 Å². The fourth-order valence-electron chi connectivity index (χ4n) is 2.10. The van der Waals surface area contributed by atoms with Gasteiger partial charge in [-0.25, -0.2) is 0 Å². The second-order valence-electron chi connectivity index (χ2n) is 4.98. The largest absolute Gasteiger partial charge is 0.497 e. The van der Waals surface area contributed by atoms with E-state index in [0.717, 1.165) is 29.2 Å². The minimum Gasteiger partial charge on any atom is -0.497 e. The van der Waals surface area contributed by atoms with Crippen LogP contribution >= 0.6 is 11.8 Å². The number of hydrogen-bond donors (Lipinski definition) is 0. The Morgan fingerprint density at radius 3 is 2.60 bits per heavy atom. The van der Waals surface area contributed by atoms with Crippen molar-refractivity contribution in [3.63, 3.8) is 0 Å². The predicted molar refractivity (Wildman–Crippen MR) is 81.5 cm³/mol. The first-order valence-corrected chi connectivity index (χ1v) is 7.73. The molecule has 20 heavy (non-hydrogen) atoms. The molecular weight excluding hydrogens is 270 g/mol. The van der Waals surface area contributed by atoms with Gasteiger partial charge in [0.05, 0.1) is 7.11 Å². The molecule has 104 valence electrons. The van der Waals surface area contributed by atoms with Gasteiger partial charge in [0.1, 0.15) is 5.75 Å². The first-order chi connectivity index (χ1) is 9.76. The Labute approximate surface area is 122 Å². The van der Waals surface area contributed by atoms with Gasteiger partial charge in [-0.15, -0.1) is 11.8 Å². The van der Waals surface area contributed by atoms with Gasteiger partial charge < -0.3 is 9.30 Å². The number of pyridine rings is 1. The van der Waals surface area contributed by atoms with Crippen molar-refractivity contribution in [1.29, 1.82) is 0 Å². The highest BCUT2D eigenvalue weighted by Gasteiger charge is 2.23. The lowest BCUT2D eigenvalue weighted by atomic mass is 10.2. The number of nitrogens with zero attached hydrogens (tertiary/aromatic N) is 1. The van der Waals surface area contributed by atoms with E-state index in [1.54, 1.807) is 24.9 Å². The van der Waals surface area contributed by atoms with Crippen LogP contribution in [-0.4, -0.2) is 11.7 Å². The number of benzene rings is 1. The third kappa shape index (κ3) is 3.07. The molecule has 1 saturated carbocycles. The summed E-state index contributed by atoms with van der Waals surface area (Å²) < 4.78 is 6.98. The molecule has 2 aromatic rings. The van der Waals surface area contributed by atoms with Crippen LogP contribution in [0.15, 0.2) is 52.3 Å². The van der Waals surface area contributed by atoms with Crippen molar-refractivity contribution in [3.05, 3.63) is 58.5 Å². The summed E-state index contributed by atoms with van der Waals surface area (Å²) in [7, 11) is 1.67. The van der Waals surface area contributed by atoms with Gasteiger partial charge in [-0.2, -0.15) is 0 Å². The summed E-state index contributed by atoms with van der Waals surface area (Å²) in [5.74, 6) is 1.72. The SMILES string of the molecule is COc1ccc(CSc2ccn(C3CC3)c(=O)c2)cc1. The van der Waals surface area contributed by atoms with Crippen molar-refractivity contribution in [2.45, 2.75) is 29.5 Å². The van der Waals surface area contributed by atoms with Gasteiger partial charge in [-0.1, -0.05) is 12.1 Å². The van der Waals surface area contributed by atoms with Crippen LogP contribution in [0.2, 0.25) is 0 Å². The zero-order valence-electron chi connectivity index (χ0n) is 11.4. The quantitative estimate of drug-likeness (QED) is 0.789. The van der Waals surface area contributed by atoms with Gasteiger partial charge in [-0.05, 0) is 36.6 Å². The fourth-order valence-corrected chi connectivity index (χ4v) is 2.97. The minimum atomic E-state index is 0.118. The second-order valence-corrected chi connectivity index (χ2v) is 6.02. The Kier molecular flexibility index (Phi) is 3.83. The van der Waals surface area contributed by atoms with Crippen LogP contribution in [0.1, 0.15) is 24.4 Å². The maximum absolute atomic E-state index is 11.9. The standard InChI is InChI=1S/C16H17NO2S/c1-19-14-6-2-12(3-7-14)11-20-15-8-9-17(13-4-5-13)16(18)10-15/h2-3,6-10,13H,4-5,11H2,1H3. The van der Waals surface area contributed by atoms with E-state index >= 15 is 0 Å². The topological polar surface area (TPSA) is 31.2 Å². The molecule has 1 fully saturated rings. The van der Waals surface area contributed by atoms with E-state index in [1.165, 1.54) is 5.56 Å². The van der Waals surface area contributed by atoms with Crippen molar-refractivity contribution < 1.29 is 4.74 Å². The van der Waals surface area contributed by atoms with E-state index in [-0.39, 0.29) is 5.56 Å². The van der Waals surface area contributed by atoms with Gasteiger partial charge in [0.2, 0.25) is 0 Å². The fraction of sp³-hybridized carbons (Fsp3) is 0.312. The summed E-state index contributed by atoms with van der Waals surface area (Å²) in [5.41, 5.74) is 1.34. The van der Waals surface area contributed by atoms with Crippen molar-refractivity contribution in [3.8, 4) is 5.75 Å². The smallest absolute Gasteiger partial charge is 0.251 e. The lowest BCUT2D eigenvalue weighted by Crippen LogP contribution is -2.16. The number of ether oxygens (including phenoxy) is 1. The highest BCUT2D eigenvalue weighted by Crippen LogP contribution is 2.33. The Morgan fingerprint density at radius 1 is 1.25 bits per heavy atom. The molecule has 3 rings (SSSR count). The zero-order valence-corrected chi connectivity index (χ0v) is 12.2. The predicted octanol–water partition coefficient (Wildman–Crippen LogP) is 3.48. The summed E-state index contributed by atoms with van der Waals surface area (Å²) in [6.07, 6.45) is 4.20. The summed E-state index contributed by atoms with van der Waals surface area (Å²) in [5, 5.41) is 0. The highest BCUT2D eigenvalue weighted by molar-refractivity contribution is 7.98. The maximum atomic E-state index is 11.9. The zero-order chi connectivity index (χ0) is 13.9. The minimum absolute atomic E-state index is 0.118. The molecule has 0 atom stereocenters. The molecule has 0 N–H and O–H groups in total. The molecule has 0 spiro atoms. The molecule has 0 saturated heterocycles. The Hall–Kier alpha value is -1.68. The normalized spacial score (nSPS) is 14.2. The van der Waals surface area contributed by atoms with Crippen molar-refractivity contribution in [1.82, 2.24) is 4.57 Å². The molecule has 0 amide bonds. The summed E-state index contributed by atoms with van der Waals surface area (Å²) in [6, 6.07) is 12.2. The number of hydrogen-bond acceptors (Lipinski definition) is 3. The van der Waals surface area contributed by atoms with E-state index in [0.29, 0.717) is 6.04 Å².